The molecule has 18 heavy (non-hydrogen) atoms. The summed E-state index contributed by atoms with van der Waals surface area (Å²) in [6.45, 7) is 4.21. The number of nitrogens with zero attached hydrogens (tertiary/aromatic N) is 1. The van der Waals surface area contributed by atoms with Gasteiger partial charge >= 0.3 is 0 Å². The molecule has 4 heteroatoms. The Balaban J connectivity index is 1.88. The van der Waals surface area contributed by atoms with E-state index in [9.17, 15) is 4.39 Å². The van der Waals surface area contributed by atoms with Gasteiger partial charge in [0.25, 0.3) is 0 Å². The molecule has 1 aromatic carbocycles. The smallest absolute Gasteiger partial charge is 0.123 e. The molecule has 0 aliphatic carbocycles. The third-order valence-electron chi connectivity index (χ3n) is 2.98. The minimum Gasteiger partial charge on any atom is -0.306 e. The van der Waals surface area contributed by atoms with Gasteiger partial charge in [-0.25, -0.2) is 4.39 Å². The zero-order chi connectivity index (χ0) is 13.0. The summed E-state index contributed by atoms with van der Waals surface area (Å²) in [5.74, 6) is -0.190. The summed E-state index contributed by atoms with van der Waals surface area (Å²) in [4.78, 5) is 0. The molecule has 2 unspecified atom stereocenters. The van der Waals surface area contributed by atoms with Crippen molar-refractivity contribution in [3.8, 4) is 0 Å². The van der Waals surface area contributed by atoms with Crippen molar-refractivity contribution < 1.29 is 4.39 Å². The van der Waals surface area contributed by atoms with Gasteiger partial charge in [-0.05, 0) is 44.0 Å². The highest BCUT2D eigenvalue weighted by Crippen LogP contribution is 2.11. The van der Waals surface area contributed by atoms with Crippen LogP contribution in [-0.4, -0.2) is 16.2 Å². The lowest BCUT2D eigenvalue weighted by Gasteiger charge is -2.19. The van der Waals surface area contributed by atoms with Gasteiger partial charge in [-0.1, -0.05) is 12.1 Å². The second-order valence-electron chi connectivity index (χ2n) is 4.63. The number of halogens is 1. The fraction of sp³-hybridized carbons (Fsp3) is 0.357. The van der Waals surface area contributed by atoms with Crippen molar-refractivity contribution in [2.45, 2.75) is 32.4 Å². The quantitative estimate of drug-likeness (QED) is 0.853. The molecular formula is C14H18FN3. The molecule has 2 N–H and O–H groups in total. The van der Waals surface area contributed by atoms with E-state index in [4.69, 9.17) is 0 Å². The average Bonchev–Trinajstić information content (AvgIpc) is 2.85. The van der Waals surface area contributed by atoms with Crippen LogP contribution in [0.25, 0.3) is 0 Å². The third kappa shape index (κ3) is 3.40. The van der Waals surface area contributed by atoms with Crippen molar-refractivity contribution in [1.82, 2.24) is 15.5 Å². The molecule has 0 aliphatic heterocycles. The number of hydrogen-bond donors (Lipinski definition) is 2. The van der Waals surface area contributed by atoms with Crippen molar-refractivity contribution >= 4 is 0 Å². The lowest BCUT2D eigenvalue weighted by Crippen LogP contribution is -2.30. The molecule has 0 aliphatic rings. The number of rotatable bonds is 5. The zero-order valence-corrected chi connectivity index (χ0v) is 10.7. The zero-order valence-electron chi connectivity index (χ0n) is 10.7. The van der Waals surface area contributed by atoms with Crippen LogP contribution in [0.4, 0.5) is 4.39 Å². The summed E-state index contributed by atoms with van der Waals surface area (Å²) in [6.07, 6.45) is 2.62. The van der Waals surface area contributed by atoms with Gasteiger partial charge in [0.15, 0.2) is 0 Å². The molecule has 0 radical (unpaired) electrons. The van der Waals surface area contributed by atoms with Crippen LogP contribution in [-0.2, 0) is 6.42 Å². The van der Waals surface area contributed by atoms with Crippen LogP contribution in [0.15, 0.2) is 36.5 Å². The highest BCUT2D eigenvalue weighted by molar-refractivity contribution is 5.17. The first-order valence-corrected chi connectivity index (χ1v) is 6.15. The lowest BCUT2D eigenvalue weighted by molar-refractivity contribution is 0.469. The molecule has 0 bridgehead atoms. The summed E-state index contributed by atoms with van der Waals surface area (Å²) in [5, 5.41) is 10.4. The van der Waals surface area contributed by atoms with Gasteiger partial charge < -0.3 is 5.32 Å². The first-order valence-electron chi connectivity index (χ1n) is 6.15. The number of hydrogen-bond acceptors (Lipinski definition) is 2. The van der Waals surface area contributed by atoms with Gasteiger partial charge in [-0.2, -0.15) is 5.10 Å². The summed E-state index contributed by atoms with van der Waals surface area (Å²) < 4.78 is 12.8. The first-order chi connectivity index (χ1) is 8.65. The van der Waals surface area contributed by atoms with E-state index in [2.05, 4.69) is 29.4 Å². The fourth-order valence-electron chi connectivity index (χ4n) is 2.06. The Labute approximate surface area is 106 Å². The molecule has 0 saturated carbocycles. The minimum absolute atomic E-state index is 0.190. The molecule has 1 heterocycles. The molecule has 0 amide bonds. The van der Waals surface area contributed by atoms with Crippen molar-refractivity contribution in [2.75, 3.05) is 0 Å². The van der Waals surface area contributed by atoms with Gasteiger partial charge in [-0.15, -0.1) is 0 Å². The van der Waals surface area contributed by atoms with Crippen molar-refractivity contribution in [3.05, 3.63) is 53.6 Å². The van der Waals surface area contributed by atoms with Crippen LogP contribution in [0, 0.1) is 5.82 Å². The second-order valence-corrected chi connectivity index (χ2v) is 4.63. The van der Waals surface area contributed by atoms with Gasteiger partial charge in [0.05, 0.1) is 5.69 Å². The van der Waals surface area contributed by atoms with E-state index in [-0.39, 0.29) is 11.9 Å². The maximum atomic E-state index is 12.8. The molecule has 2 aromatic rings. The van der Waals surface area contributed by atoms with Gasteiger partial charge in [-0.3, -0.25) is 5.10 Å². The number of benzene rings is 1. The Morgan fingerprint density at radius 1 is 1.22 bits per heavy atom. The summed E-state index contributed by atoms with van der Waals surface area (Å²) in [6, 6.07) is 9.16. The predicted octanol–water partition coefficient (Wildman–Crippen LogP) is 2.83. The molecule has 3 nitrogen and oxygen atoms in total. The SMILES string of the molecule is CC(Cc1ccc(F)cc1)NC(C)c1ccn[nH]1. The van der Waals surface area contributed by atoms with Crippen molar-refractivity contribution in [3.63, 3.8) is 0 Å². The lowest BCUT2D eigenvalue weighted by atomic mass is 10.1. The normalized spacial score (nSPS) is 14.4. The standard InChI is InChI=1S/C14H18FN3/c1-10(9-12-3-5-13(15)6-4-12)17-11(2)14-7-8-16-18-14/h3-8,10-11,17H,9H2,1-2H3,(H,16,18). The third-order valence-corrected chi connectivity index (χ3v) is 2.98. The van der Waals surface area contributed by atoms with Crippen LogP contribution in [0.3, 0.4) is 0 Å². The van der Waals surface area contributed by atoms with Crippen LogP contribution in [0.5, 0.6) is 0 Å². The molecule has 0 fully saturated rings. The Kier molecular flexibility index (Phi) is 4.10. The minimum atomic E-state index is -0.190. The molecule has 0 saturated heterocycles. The maximum absolute atomic E-state index is 12.8. The average molecular weight is 247 g/mol. The van der Waals surface area contributed by atoms with Crippen LogP contribution in [0.1, 0.15) is 31.1 Å². The number of aromatic nitrogens is 2. The van der Waals surface area contributed by atoms with E-state index in [1.165, 1.54) is 12.1 Å². The highest BCUT2D eigenvalue weighted by Gasteiger charge is 2.10. The van der Waals surface area contributed by atoms with Gasteiger partial charge in [0, 0.05) is 18.3 Å². The Morgan fingerprint density at radius 3 is 2.56 bits per heavy atom. The molecular weight excluding hydrogens is 229 g/mol. The van der Waals surface area contributed by atoms with Crippen LogP contribution in [0.2, 0.25) is 0 Å². The van der Waals surface area contributed by atoms with E-state index < -0.39 is 0 Å². The van der Waals surface area contributed by atoms with E-state index in [0.29, 0.717) is 6.04 Å². The van der Waals surface area contributed by atoms with E-state index in [1.54, 1.807) is 6.20 Å². The van der Waals surface area contributed by atoms with E-state index in [1.807, 2.05) is 18.2 Å². The predicted molar refractivity (Wildman–Crippen MR) is 69.7 cm³/mol. The fourth-order valence-corrected chi connectivity index (χ4v) is 2.06. The number of nitrogens with one attached hydrogen (secondary N) is 2. The van der Waals surface area contributed by atoms with Crippen molar-refractivity contribution in [2.24, 2.45) is 0 Å². The Morgan fingerprint density at radius 2 is 1.94 bits per heavy atom. The second kappa shape index (κ2) is 5.78. The Bertz CT molecular complexity index is 464. The monoisotopic (exact) mass is 247 g/mol. The van der Waals surface area contributed by atoms with Crippen LogP contribution < -0.4 is 5.32 Å². The molecule has 96 valence electrons. The molecule has 1 aromatic heterocycles. The largest absolute Gasteiger partial charge is 0.306 e. The molecule has 0 spiro atoms. The molecule has 2 rings (SSSR count). The van der Waals surface area contributed by atoms with Crippen molar-refractivity contribution in [1.29, 1.82) is 0 Å². The molecule has 2 atom stereocenters. The summed E-state index contributed by atoms with van der Waals surface area (Å²) in [5.41, 5.74) is 2.20. The van der Waals surface area contributed by atoms with Gasteiger partial charge in [0.2, 0.25) is 0 Å². The highest BCUT2D eigenvalue weighted by atomic mass is 19.1. The van der Waals surface area contributed by atoms with E-state index in [0.717, 1.165) is 17.7 Å². The Hall–Kier alpha value is -1.68. The topological polar surface area (TPSA) is 40.7 Å². The van der Waals surface area contributed by atoms with E-state index >= 15 is 0 Å². The first kappa shape index (κ1) is 12.8. The van der Waals surface area contributed by atoms with Gasteiger partial charge in [0.1, 0.15) is 5.82 Å². The number of H-pyrrole nitrogens is 1. The maximum Gasteiger partial charge on any atom is 0.123 e. The summed E-state index contributed by atoms with van der Waals surface area (Å²) >= 11 is 0. The van der Waals surface area contributed by atoms with Crippen LogP contribution >= 0.6 is 0 Å². The summed E-state index contributed by atoms with van der Waals surface area (Å²) in [7, 11) is 0. The number of aromatic amines is 1.